The van der Waals surface area contributed by atoms with Crippen LogP contribution in [0.5, 0.6) is 0 Å². The zero-order chi connectivity index (χ0) is 19.6. The van der Waals surface area contributed by atoms with Gasteiger partial charge in [0.25, 0.3) is 11.7 Å². The van der Waals surface area contributed by atoms with Crippen molar-refractivity contribution < 1.29 is 18.4 Å². The quantitative estimate of drug-likeness (QED) is 0.541. The molecule has 138 valence electrons. The Morgan fingerprint density at radius 1 is 0.963 bits per heavy atom. The second-order valence-electron chi connectivity index (χ2n) is 6.35. The Hall–Kier alpha value is -3.28. The maximum atomic E-state index is 13.3. The van der Waals surface area contributed by atoms with Gasteiger partial charge in [-0.3, -0.25) is 9.59 Å². The summed E-state index contributed by atoms with van der Waals surface area (Å²) < 4.78 is 27.9. The number of ketones is 1. The molecule has 0 bridgehead atoms. The molecule has 0 radical (unpaired) electrons. The number of hydrogen-bond acceptors (Lipinski definition) is 2. The van der Waals surface area contributed by atoms with Gasteiger partial charge in [-0.1, -0.05) is 18.2 Å². The normalized spacial score (nSPS) is 10.7. The van der Waals surface area contributed by atoms with Gasteiger partial charge in [0.1, 0.15) is 0 Å². The van der Waals surface area contributed by atoms with Crippen molar-refractivity contribution in [2.24, 2.45) is 0 Å². The Morgan fingerprint density at radius 3 is 2.44 bits per heavy atom. The number of amides is 1. The third kappa shape index (κ3) is 4.11. The smallest absolute Gasteiger partial charge is 0.298 e. The van der Waals surface area contributed by atoms with E-state index in [2.05, 4.69) is 5.32 Å². The van der Waals surface area contributed by atoms with Crippen LogP contribution in [0, 0.1) is 25.5 Å². The lowest BCUT2D eigenvalue weighted by atomic mass is 10.1. The molecular formula is C21H18F2N2O2. The molecule has 0 fully saturated rings. The van der Waals surface area contributed by atoms with Crippen LogP contribution in [-0.4, -0.2) is 16.3 Å². The number of rotatable bonds is 5. The molecule has 1 N–H and O–H groups in total. The van der Waals surface area contributed by atoms with E-state index in [0.717, 1.165) is 23.3 Å². The molecule has 0 aliphatic heterocycles. The number of carbonyl (C=O) groups is 2. The van der Waals surface area contributed by atoms with E-state index in [1.165, 1.54) is 11.6 Å². The van der Waals surface area contributed by atoms with E-state index in [9.17, 15) is 18.4 Å². The zero-order valence-corrected chi connectivity index (χ0v) is 14.9. The number of aromatic nitrogens is 1. The first-order valence-electron chi connectivity index (χ1n) is 8.37. The van der Waals surface area contributed by atoms with Crippen molar-refractivity contribution in [1.82, 2.24) is 4.57 Å². The molecule has 0 unspecified atom stereocenters. The van der Waals surface area contributed by atoms with Gasteiger partial charge < -0.3 is 9.88 Å². The number of anilines is 1. The lowest BCUT2D eigenvalue weighted by molar-refractivity contribution is -0.112. The third-order valence-electron chi connectivity index (χ3n) is 4.37. The van der Waals surface area contributed by atoms with Crippen molar-refractivity contribution in [3.63, 3.8) is 0 Å². The van der Waals surface area contributed by atoms with Gasteiger partial charge in [0.2, 0.25) is 0 Å². The lowest BCUT2D eigenvalue weighted by Crippen LogP contribution is -2.25. The van der Waals surface area contributed by atoms with Crippen LogP contribution in [0.1, 0.15) is 27.2 Å². The summed E-state index contributed by atoms with van der Waals surface area (Å²) in [6.45, 7) is 4.47. The van der Waals surface area contributed by atoms with Gasteiger partial charge in [0.15, 0.2) is 11.6 Å². The molecule has 27 heavy (non-hydrogen) atoms. The molecule has 1 amide bonds. The fraction of sp³-hybridized carbons (Fsp3) is 0.143. The summed E-state index contributed by atoms with van der Waals surface area (Å²) in [5.74, 6) is -3.80. The first-order valence-corrected chi connectivity index (χ1v) is 8.37. The minimum Gasteiger partial charge on any atom is -0.340 e. The highest BCUT2D eigenvalue weighted by molar-refractivity contribution is 6.46. The van der Waals surface area contributed by atoms with Gasteiger partial charge in [-0.25, -0.2) is 8.78 Å². The molecular weight excluding hydrogens is 350 g/mol. The monoisotopic (exact) mass is 368 g/mol. The molecule has 0 aliphatic rings. The molecule has 4 nitrogen and oxygen atoms in total. The van der Waals surface area contributed by atoms with Crippen LogP contribution in [0.2, 0.25) is 0 Å². The minimum atomic E-state index is -1.10. The topological polar surface area (TPSA) is 51.1 Å². The fourth-order valence-corrected chi connectivity index (χ4v) is 2.73. The summed E-state index contributed by atoms with van der Waals surface area (Å²) in [4.78, 5) is 24.7. The number of halogens is 2. The van der Waals surface area contributed by atoms with Crippen LogP contribution >= 0.6 is 0 Å². The van der Waals surface area contributed by atoms with Gasteiger partial charge in [0.05, 0.1) is 5.69 Å². The highest BCUT2D eigenvalue weighted by atomic mass is 19.2. The standard InChI is InChI=1S/C21H18F2N2O2/c1-13-5-6-15(10-14(13)2)12-25-9-3-4-19(25)20(26)21(27)24-16-7-8-17(22)18(23)11-16/h3-11H,12H2,1-2H3,(H,24,27). The first kappa shape index (κ1) is 18.5. The van der Waals surface area contributed by atoms with Crippen molar-refractivity contribution in [2.75, 3.05) is 5.32 Å². The van der Waals surface area contributed by atoms with E-state index in [1.807, 2.05) is 32.0 Å². The molecule has 2 aromatic carbocycles. The van der Waals surface area contributed by atoms with E-state index < -0.39 is 23.3 Å². The van der Waals surface area contributed by atoms with Gasteiger partial charge >= 0.3 is 0 Å². The average Bonchev–Trinajstić information content (AvgIpc) is 3.08. The van der Waals surface area contributed by atoms with Gasteiger partial charge in [-0.2, -0.15) is 0 Å². The van der Waals surface area contributed by atoms with Gasteiger partial charge in [-0.05, 0) is 54.8 Å². The van der Waals surface area contributed by atoms with Crippen LogP contribution in [0.25, 0.3) is 0 Å². The number of hydrogen-bond donors (Lipinski definition) is 1. The van der Waals surface area contributed by atoms with Crippen LogP contribution < -0.4 is 5.32 Å². The predicted molar refractivity (Wildman–Crippen MR) is 98.8 cm³/mol. The molecule has 1 aromatic heterocycles. The van der Waals surface area contributed by atoms with Crippen molar-refractivity contribution >= 4 is 17.4 Å². The Morgan fingerprint density at radius 2 is 1.74 bits per heavy atom. The molecule has 0 aliphatic carbocycles. The second-order valence-corrected chi connectivity index (χ2v) is 6.35. The Labute approximate surface area is 155 Å². The lowest BCUT2D eigenvalue weighted by Gasteiger charge is -2.11. The molecule has 0 spiro atoms. The predicted octanol–water partition coefficient (Wildman–Crippen LogP) is 4.25. The largest absolute Gasteiger partial charge is 0.340 e. The van der Waals surface area contributed by atoms with E-state index in [0.29, 0.717) is 6.54 Å². The molecule has 1 heterocycles. The Kier molecular flexibility index (Phi) is 5.16. The van der Waals surface area contributed by atoms with Crippen LogP contribution in [0.4, 0.5) is 14.5 Å². The highest BCUT2D eigenvalue weighted by Gasteiger charge is 2.20. The number of carbonyl (C=O) groups excluding carboxylic acids is 2. The number of Topliss-reactive ketones (excluding diaryl/α,β-unsaturated/α-hetero) is 1. The molecule has 0 atom stereocenters. The average molecular weight is 368 g/mol. The molecule has 3 rings (SSSR count). The van der Waals surface area contributed by atoms with Crippen molar-refractivity contribution in [3.8, 4) is 0 Å². The van der Waals surface area contributed by atoms with Crippen LogP contribution in [0.15, 0.2) is 54.7 Å². The van der Waals surface area contributed by atoms with Gasteiger partial charge in [0, 0.05) is 24.5 Å². The number of nitrogens with one attached hydrogen (secondary N) is 1. The Bertz CT molecular complexity index is 1020. The summed E-state index contributed by atoms with van der Waals surface area (Å²) in [6.07, 6.45) is 1.72. The summed E-state index contributed by atoms with van der Waals surface area (Å²) >= 11 is 0. The fourth-order valence-electron chi connectivity index (χ4n) is 2.73. The maximum Gasteiger partial charge on any atom is 0.298 e. The molecule has 3 aromatic rings. The maximum absolute atomic E-state index is 13.3. The van der Waals surface area contributed by atoms with Crippen molar-refractivity contribution in [3.05, 3.63) is 88.7 Å². The van der Waals surface area contributed by atoms with Crippen LogP contribution in [0.3, 0.4) is 0 Å². The van der Waals surface area contributed by atoms with Gasteiger partial charge in [-0.15, -0.1) is 0 Å². The van der Waals surface area contributed by atoms with E-state index in [-0.39, 0.29) is 11.4 Å². The number of nitrogens with zero attached hydrogens (tertiary/aromatic N) is 1. The van der Waals surface area contributed by atoms with Crippen molar-refractivity contribution in [2.45, 2.75) is 20.4 Å². The number of benzene rings is 2. The summed E-state index contributed by atoms with van der Waals surface area (Å²) in [7, 11) is 0. The van der Waals surface area contributed by atoms with E-state index in [1.54, 1.807) is 22.9 Å². The second kappa shape index (κ2) is 7.53. The minimum absolute atomic E-state index is 0.0134. The zero-order valence-electron chi connectivity index (χ0n) is 14.9. The molecule has 6 heteroatoms. The molecule has 0 saturated heterocycles. The summed E-state index contributed by atoms with van der Waals surface area (Å²) in [5, 5.41) is 2.30. The highest BCUT2D eigenvalue weighted by Crippen LogP contribution is 2.16. The molecule has 0 saturated carbocycles. The summed E-state index contributed by atoms with van der Waals surface area (Å²) in [6, 6.07) is 12.1. The number of aryl methyl sites for hydroxylation is 2. The SMILES string of the molecule is Cc1ccc(Cn2cccc2C(=O)C(=O)Nc2ccc(F)c(F)c2)cc1C. The first-order chi connectivity index (χ1) is 12.8. The van der Waals surface area contributed by atoms with Crippen molar-refractivity contribution in [1.29, 1.82) is 0 Å². The van der Waals surface area contributed by atoms with E-state index >= 15 is 0 Å². The van der Waals surface area contributed by atoms with Crippen LogP contribution in [-0.2, 0) is 11.3 Å². The Balaban J connectivity index is 1.77. The summed E-state index contributed by atoms with van der Waals surface area (Å²) in [5.41, 5.74) is 3.55. The van der Waals surface area contributed by atoms with E-state index in [4.69, 9.17) is 0 Å². The third-order valence-corrected chi connectivity index (χ3v) is 4.37.